The standard InChI is InChI=1S/C15H22O4/c1-10(16)6-9-15-13(3,4)8-7-12(18-11(2)17)14(15,5)19-15/h6,9,12H,7-8H2,1-5H3/b9-6+/t12-,14+,15-/m0/s1. The monoisotopic (exact) mass is 266 g/mol. The summed E-state index contributed by atoms with van der Waals surface area (Å²) < 4.78 is 11.4. The molecule has 0 spiro atoms. The molecule has 2 fully saturated rings. The maximum Gasteiger partial charge on any atom is 0.303 e. The van der Waals surface area contributed by atoms with E-state index in [2.05, 4.69) is 13.8 Å². The second-order valence-corrected chi connectivity index (χ2v) is 6.41. The van der Waals surface area contributed by atoms with E-state index in [-0.39, 0.29) is 23.3 Å². The number of ether oxygens (including phenoxy) is 2. The Labute approximate surface area is 114 Å². The van der Waals surface area contributed by atoms with Gasteiger partial charge in [-0.2, -0.15) is 0 Å². The minimum atomic E-state index is -0.521. The predicted molar refractivity (Wildman–Crippen MR) is 70.6 cm³/mol. The Bertz CT molecular complexity index is 451. The molecule has 1 aliphatic carbocycles. The summed E-state index contributed by atoms with van der Waals surface area (Å²) in [5, 5.41) is 0. The Kier molecular flexibility index (Phi) is 3.13. The van der Waals surface area contributed by atoms with Crippen molar-refractivity contribution < 1.29 is 19.1 Å². The van der Waals surface area contributed by atoms with Crippen LogP contribution in [0.2, 0.25) is 0 Å². The lowest BCUT2D eigenvalue weighted by Gasteiger charge is -2.39. The minimum absolute atomic E-state index is 0.00219. The molecule has 19 heavy (non-hydrogen) atoms. The van der Waals surface area contributed by atoms with Crippen molar-refractivity contribution in [2.24, 2.45) is 5.41 Å². The van der Waals surface area contributed by atoms with E-state index in [4.69, 9.17) is 9.47 Å². The first kappa shape index (κ1) is 14.3. The predicted octanol–water partition coefficient (Wildman–Crippen LogP) is 2.41. The summed E-state index contributed by atoms with van der Waals surface area (Å²) in [5.74, 6) is -0.288. The van der Waals surface area contributed by atoms with Crippen LogP contribution in [-0.4, -0.2) is 29.1 Å². The summed E-state index contributed by atoms with van der Waals surface area (Å²) in [7, 11) is 0. The lowest BCUT2D eigenvalue weighted by Crippen LogP contribution is -2.49. The first-order valence-electron chi connectivity index (χ1n) is 6.72. The Morgan fingerprint density at radius 3 is 2.42 bits per heavy atom. The fourth-order valence-corrected chi connectivity index (χ4v) is 3.41. The number of hydrogen-bond acceptors (Lipinski definition) is 4. The molecule has 0 amide bonds. The molecule has 1 saturated carbocycles. The summed E-state index contributed by atoms with van der Waals surface area (Å²) in [4.78, 5) is 22.4. The maximum atomic E-state index is 11.2. The van der Waals surface area contributed by atoms with Crippen LogP contribution in [0, 0.1) is 5.41 Å². The Balaban J connectivity index is 2.31. The van der Waals surface area contributed by atoms with E-state index in [1.54, 1.807) is 6.08 Å². The van der Waals surface area contributed by atoms with Crippen molar-refractivity contribution in [3.8, 4) is 0 Å². The van der Waals surface area contributed by atoms with Gasteiger partial charge < -0.3 is 9.47 Å². The van der Waals surface area contributed by atoms with E-state index < -0.39 is 11.2 Å². The Morgan fingerprint density at radius 1 is 1.26 bits per heavy atom. The highest BCUT2D eigenvalue weighted by Crippen LogP contribution is 2.66. The molecule has 0 aromatic rings. The quantitative estimate of drug-likeness (QED) is 0.447. The van der Waals surface area contributed by atoms with Crippen molar-refractivity contribution in [1.29, 1.82) is 0 Å². The Hall–Kier alpha value is -1.16. The van der Waals surface area contributed by atoms with Gasteiger partial charge in [0.25, 0.3) is 0 Å². The fraction of sp³-hybridized carbons (Fsp3) is 0.733. The lowest BCUT2D eigenvalue weighted by atomic mass is 9.63. The molecular formula is C15H22O4. The van der Waals surface area contributed by atoms with Crippen LogP contribution in [0.15, 0.2) is 12.2 Å². The van der Waals surface area contributed by atoms with Crippen LogP contribution >= 0.6 is 0 Å². The van der Waals surface area contributed by atoms with Crippen LogP contribution in [0.3, 0.4) is 0 Å². The average Bonchev–Trinajstić information content (AvgIpc) is 2.90. The third-order valence-electron chi connectivity index (χ3n) is 4.58. The van der Waals surface area contributed by atoms with Gasteiger partial charge in [0.05, 0.1) is 0 Å². The van der Waals surface area contributed by atoms with Crippen molar-refractivity contribution in [3.63, 3.8) is 0 Å². The first-order valence-corrected chi connectivity index (χ1v) is 6.72. The summed E-state index contributed by atoms with van der Waals surface area (Å²) in [5.41, 5.74) is -1.11. The molecule has 4 nitrogen and oxygen atoms in total. The molecule has 0 aromatic carbocycles. The fourth-order valence-electron chi connectivity index (χ4n) is 3.41. The molecule has 1 saturated heterocycles. The van der Waals surface area contributed by atoms with Crippen molar-refractivity contribution in [2.75, 3.05) is 0 Å². The third kappa shape index (κ3) is 2.02. The second-order valence-electron chi connectivity index (χ2n) is 6.41. The zero-order chi connectivity index (χ0) is 14.5. The van der Waals surface area contributed by atoms with Crippen LogP contribution in [-0.2, 0) is 19.1 Å². The first-order chi connectivity index (χ1) is 8.65. The van der Waals surface area contributed by atoms with Crippen molar-refractivity contribution in [2.45, 2.75) is 64.8 Å². The molecule has 1 aliphatic heterocycles. The maximum absolute atomic E-state index is 11.2. The molecule has 106 valence electrons. The Morgan fingerprint density at radius 2 is 1.89 bits per heavy atom. The van der Waals surface area contributed by atoms with E-state index in [0.29, 0.717) is 0 Å². The highest BCUT2D eigenvalue weighted by Gasteiger charge is 2.78. The molecule has 0 N–H and O–H groups in total. The number of fused-ring (bicyclic) bond motifs is 1. The smallest absolute Gasteiger partial charge is 0.303 e. The highest BCUT2D eigenvalue weighted by atomic mass is 16.7. The molecule has 0 bridgehead atoms. The van der Waals surface area contributed by atoms with Gasteiger partial charge in [0.2, 0.25) is 0 Å². The van der Waals surface area contributed by atoms with E-state index in [0.717, 1.165) is 12.8 Å². The molecule has 0 unspecified atom stereocenters. The number of rotatable bonds is 3. The number of ketones is 1. The highest BCUT2D eigenvalue weighted by molar-refractivity contribution is 5.87. The van der Waals surface area contributed by atoms with Crippen LogP contribution in [0.1, 0.15) is 47.5 Å². The second kappa shape index (κ2) is 4.17. The van der Waals surface area contributed by atoms with Gasteiger partial charge >= 0.3 is 5.97 Å². The number of allylic oxidation sites excluding steroid dienone is 1. The van der Waals surface area contributed by atoms with Gasteiger partial charge in [-0.25, -0.2) is 0 Å². The zero-order valence-corrected chi connectivity index (χ0v) is 12.3. The van der Waals surface area contributed by atoms with Crippen molar-refractivity contribution >= 4 is 11.8 Å². The van der Waals surface area contributed by atoms with Gasteiger partial charge in [0.15, 0.2) is 5.78 Å². The van der Waals surface area contributed by atoms with E-state index >= 15 is 0 Å². The van der Waals surface area contributed by atoms with Gasteiger partial charge in [-0.3, -0.25) is 9.59 Å². The molecule has 1 heterocycles. The summed E-state index contributed by atoms with van der Waals surface area (Å²) in [6, 6.07) is 0. The number of hydrogen-bond donors (Lipinski definition) is 0. The van der Waals surface area contributed by atoms with E-state index in [1.807, 2.05) is 13.0 Å². The zero-order valence-electron chi connectivity index (χ0n) is 12.3. The van der Waals surface area contributed by atoms with Gasteiger partial charge in [0.1, 0.15) is 17.3 Å². The van der Waals surface area contributed by atoms with Crippen molar-refractivity contribution in [3.05, 3.63) is 12.2 Å². The molecule has 0 radical (unpaired) electrons. The minimum Gasteiger partial charge on any atom is -0.459 e. The number of epoxide rings is 1. The lowest BCUT2D eigenvalue weighted by molar-refractivity contribution is -0.151. The number of carbonyl (C=O) groups is 2. The SMILES string of the molecule is CC(=O)/C=C/[C@@]12O[C@]1(C)[C@@H](OC(C)=O)CCC2(C)C. The molecule has 4 heteroatoms. The summed E-state index contributed by atoms with van der Waals surface area (Å²) >= 11 is 0. The normalized spacial score (nSPS) is 39.7. The molecule has 2 rings (SSSR count). The van der Waals surface area contributed by atoms with Crippen molar-refractivity contribution in [1.82, 2.24) is 0 Å². The van der Waals surface area contributed by atoms with Gasteiger partial charge in [-0.05, 0) is 38.8 Å². The van der Waals surface area contributed by atoms with Crippen LogP contribution in [0.25, 0.3) is 0 Å². The molecular weight excluding hydrogens is 244 g/mol. The molecule has 0 aromatic heterocycles. The summed E-state index contributed by atoms with van der Waals surface area (Å²) in [6.07, 6.45) is 4.85. The van der Waals surface area contributed by atoms with Crippen LogP contribution < -0.4 is 0 Å². The molecule has 2 aliphatic rings. The van der Waals surface area contributed by atoms with Crippen LogP contribution in [0.4, 0.5) is 0 Å². The van der Waals surface area contributed by atoms with E-state index in [1.165, 1.54) is 13.8 Å². The van der Waals surface area contributed by atoms with Gasteiger partial charge in [0, 0.05) is 12.3 Å². The average molecular weight is 266 g/mol. The third-order valence-corrected chi connectivity index (χ3v) is 4.58. The van der Waals surface area contributed by atoms with E-state index in [9.17, 15) is 9.59 Å². The topological polar surface area (TPSA) is 55.9 Å². The molecule has 3 atom stereocenters. The van der Waals surface area contributed by atoms with Gasteiger partial charge in [-0.15, -0.1) is 0 Å². The largest absolute Gasteiger partial charge is 0.459 e. The van der Waals surface area contributed by atoms with Gasteiger partial charge in [-0.1, -0.05) is 13.8 Å². The number of esters is 1. The number of carbonyl (C=O) groups excluding carboxylic acids is 2. The van der Waals surface area contributed by atoms with Crippen LogP contribution in [0.5, 0.6) is 0 Å². The summed E-state index contributed by atoms with van der Waals surface area (Å²) in [6.45, 7) is 9.16.